The number of ether oxygens (including phenoxy) is 3. The number of hydrogen-bond donors (Lipinski definition) is 1. The maximum Gasteiger partial charge on any atom is 0.121 e. The Kier molecular flexibility index (Phi) is 8.51. The van der Waals surface area contributed by atoms with Gasteiger partial charge in [-0.25, -0.2) is 0 Å². The topological polar surface area (TPSA) is 39.7 Å². The SMILES string of the molecule is CCCCCCOc1cccc(NCc2ccc(OCC3CCCO3)cc2)c1. The molecule has 1 atom stereocenters. The highest BCUT2D eigenvalue weighted by molar-refractivity contribution is 5.48. The van der Waals surface area contributed by atoms with Crippen molar-refractivity contribution in [3.63, 3.8) is 0 Å². The molecular weight excluding hydrogens is 350 g/mol. The lowest BCUT2D eigenvalue weighted by atomic mass is 10.2. The predicted molar refractivity (Wildman–Crippen MR) is 114 cm³/mol. The predicted octanol–water partition coefficient (Wildman–Crippen LogP) is 5.82. The Balaban J connectivity index is 1.40. The minimum atomic E-state index is 0.252. The van der Waals surface area contributed by atoms with Crippen LogP contribution in [0, 0.1) is 0 Å². The van der Waals surface area contributed by atoms with E-state index in [-0.39, 0.29) is 6.10 Å². The quantitative estimate of drug-likeness (QED) is 0.469. The van der Waals surface area contributed by atoms with Crippen molar-refractivity contribution in [2.24, 2.45) is 0 Å². The van der Waals surface area contributed by atoms with E-state index >= 15 is 0 Å². The second-order valence-corrected chi connectivity index (χ2v) is 7.38. The van der Waals surface area contributed by atoms with Gasteiger partial charge in [0.2, 0.25) is 0 Å². The molecule has 3 rings (SSSR count). The molecule has 4 heteroatoms. The molecule has 152 valence electrons. The second kappa shape index (κ2) is 11.6. The van der Waals surface area contributed by atoms with Crippen LogP contribution in [-0.2, 0) is 11.3 Å². The molecule has 1 heterocycles. The molecule has 0 saturated carbocycles. The van der Waals surface area contributed by atoms with Gasteiger partial charge in [-0.3, -0.25) is 0 Å². The average Bonchev–Trinajstić information content (AvgIpc) is 3.25. The molecule has 1 aliphatic rings. The Labute approximate surface area is 169 Å². The van der Waals surface area contributed by atoms with Crippen LogP contribution in [0.3, 0.4) is 0 Å². The summed E-state index contributed by atoms with van der Waals surface area (Å²) in [5.74, 6) is 1.83. The van der Waals surface area contributed by atoms with Gasteiger partial charge >= 0.3 is 0 Å². The smallest absolute Gasteiger partial charge is 0.121 e. The van der Waals surface area contributed by atoms with E-state index in [1.165, 1.54) is 24.8 Å². The number of nitrogens with one attached hydrogen (secondary N) is 1. The van der Waals surface area contributed by atoms with E-state index in [1.807, 2.05) is 24.3 Å². The lowest BCUT2D eigenvalue weighted by molar-refractivity contribution is 0.0679. The Morgan fingerprint density at radius 2 is 1.89 bits per heavy atom. The number of unbranched alkanes of at least 4 members (excludes halogenated alkanes) is 3. The van der Waals surface area contributed by atoms with Crippen molar-refractivity contribution in [2.75, 3.05) is 25.1 Å². The van der Waals surface area contributed by atoms with Gasteiger partial charge in [0.25, 0.3) is 0 Å². The average molecular weight is 384 g/mol. The first-order chi connectivity index (χ1) is 13.8. The monoisotopic (exact) mass is 383 g/mol. The first kappa shape index (κ1) is 20.5. The molecule has 0 spiro atoms. The zero-order valence-corrected chi connectivity index (χ0v) is 17.0. The van der Waals surface area contributed by atoms with Gasteiger partial charge in [0.05, 0.1) is 12.7 Å². The first-order valence-electron chi connectivity index (χ1n) is 10.6. The Morgan fingerprint density at radius 1 is 1.00 bits per heavy atom. The van der Waals surface area contributed by atoms with Crippen molar-refractivity contribution in [2.45, 2.75) is 58.1 Å². The van der Waals surface area contributed by atoms with E-state index in [2.05, 4.69) is 36.5 Å². The van der Waals surface area contributed by atoms with Gasteiger partial charge in [-0.1, -0.05) is 44.4 Å². The van der Waals surface area contributed by atoms with Crippen LogP contribution >= 0.6 is 0 Å². The van der Waals surface area contributed by atoms with Gasteiger partial charge < -0.3 is 19.5 Å². The molecule has 28 heavy (non-hydrogen) atoms. The number of benzene rings is 2. The van der Waals surface area contributed by atoms with Gasteiger partial charge in [0, 0.05) is 24.9 Å². The minimum absolute atomic E-state index is 0.252. The van der Waals surface area contributed by atoms with E-state index in [9.17, 15) is 0 Å². The van der Waals surface area contributed by atoms with E-state index in [1.54, 1.807) is 0 Å². The summed E-state index contributed by atoms with van der Waals surface area (Å²) in [5.41, 5.74) is 2.29. The van der Waals surface area contributed by atoms with Crippen molar-refractivity contribution in [1.29, 1.82) is 0 Å². The zero-order chi connectivity index (χ0) is 19.4. The van der Waals surface area contributed by atoms with Crippen LogP contribution in [-0.4, -0.2) is 25.9 Å². The molecule has 4 nitrogen and oxygen atoms in total. The summed E-state index contributed by atoms with van der Waals surface area (Å²) in [6, 6.07) is 16.5. The third-order valence-electron chi connectivity index (χ3n) is 4.98. The molecule has 1 fully saturated rings. The molecule has 1 aliphatic heterocycles. The molecule has 0 aliphatic carbocycles. The largest absolute Gasteiger partial charge is 0.494 e. The van der Waals surface area contributed by atoms with Crippen LogP contribution in [0.15, 0.2) is 48.5 Å². The van der Waals surface area contributed by atoms with Crippen molar-refractivity contribution >= 4 is 5.69 Å². The van der Waals surface area contributed by atoms with Gasteiger partial charge in [0.1, 0.15) is 18.1 Å². The number of anilines is 1. The highest BCUT2D eigenvalue weighted by Gasteiger charge is 2.15. The van der Waals surface area contributed by atoms with Gasteiger partial charge in [0.15, 0.2) is 0 Å². The molecule has 1 saturated heterocycles. The summed E-state index contributed by atoms with van der Waals surface area (Å²) in [6.45, 7) is 5.29. The van der Waals surface area contributed by atoms with Gasteiger partial charge in [-0.05, 0) is 49.1 Å². The van der Waals surface area contributed by atoms with Crippen LogP contribution in [0.5, 0.6) is 11.5 Å². The Morgan fingerprint density at radius 3 is 2.68 bits per heavy atom. The van der Waals surface area contributed by atoms with Crippen LogP contribution in [0.25, 0.3) is 0 Å². The fraction of sp³-hybridized carbons (Fsp3) is 0.500. The van der Waals surface area contributed by atoms with E-state index in [4.69, 9.17) is 14.2 Å². The third kappa shape index (κ3) is 7.08. The Bertz CT molecular complexity index is 681. The van der Waals surface area contributed by atoms with E-state index < -0.39 is 0 Å². The molecule has 0 aromatic heterocycles. The lowest BCUT2D eigenvalue weighted by Gasteiger charge is -2.12. The summed E-state index contributed by atoms with van der Waals surface area (Å²) >= 11 is 0. The maximum absolute atomic E-state index is 5.86. The molecule has 1 N–H and O–H groups in total. The van der Waals surface area contributed by atoms with Crippen molar-refractivity contribution in [3.8, 4) is 11.5 Å². The normalized spacial score (nSPS) is 16.1. The van der Waals surface area contributed by atoms with Crippen LogP contribution in [0.1, 0.15) is 51.0 Å². The molecular formula is C24H33NO3. The summed E-state index contributed by atoms with van der Waals surface area (Å²) in [4.78, 5) is 0. The molecule has 0 radical (unpaired) electrons. The molecule has 1 unspecified atom stereocenters. The summed E-state index contributed by atoms with van der Waals surface area (Å²) in [7, 11) is 0. The number of rotatable bonds is 12. The fourth-order valence-corrected chi connectivity index (χ4v) is 3.29. The summed E-state index contributed by atoms with van der Waals surface area (Å²) in [6.07, 6.45) is 7.38. The van der Waals surface area contributed by atoms with E-state index in [0.29, 0.717) is 6.61 Å². The third-order valence-corrected chi connectivity index (χ3v) is 4.98. The molecule has 2 aromatic carbocycles. The summed E-state index contributed by atoms with van der Waals surface area (Å²) < 4.78 is 17.3. The zero-order valence-electron chi connectivity index (χ0n) is 17.0. The lowest BCUT2D eigenvalue weighted by Crippen LogP contribution is -2.16. The molecule has 0 amide bonds. The van der Waals surface area contributed by atoms with Crippen molar-refractivity contribution in [1.82, 2.24) is 0 Å². The van der Waals surface area contributed by atoms with Gasteiger partial charge in [-0.15, -0.1) is 0 Å². The second-order valence-electron chi connectivity index (χ2n) is 7.38. The first-order valence-corrected chi connectivity index (χ1v) is 10.6. The highest BCUT2D eigenvalue weighted by atomic mass is 16.5. The standard InChI is InChI=1S/C24H33NO3/c1-2-3-4-5-15-26-23-9-6-8-21(17-23)25-18-20-11-13-22(14-12-20)28-19-24-10-7-16-27-24/h6,8-9,11-14,17,24-25H,2-5,7,10,15-16,18-19H2,1H3. The van der Waals surface area contributed by atoms with Crippen molar-refractivity contribution in [3.05, 3.63) is 54.1 Å². The highest BCUT2D eigenvalue weighted by Crippen LogP contribution is 2.20. The van der Waals surface area contributed by atoms with Crippen molar-refractivity contribution < 1.29 is 14.2 Å². The Hall–Kier alpha value is -2.20. The van der Waals surface area contributed by atoms with Crippen LogP contribution in [0.2, 0.25) is 0 Å². The van der Waals surface area contributed by atoms with E-state index in [0.717, 1.165) is 56.2 Å². The fourth-order valence-electron chi connectivity index (χ4n) is 3.29. The van der Waals surface area contributed by atoms with Crippen LogP contribution in [0.4, 0.5) is 5.69 Å². The molecule has 2 aromatic rings. The number of hydrogen-bond acceptors (Lipinski definition) is 4. The maximum atomic E-state index is 5.86. The minimum Gasteiger partial charge on any atom is -0.494 e. The molecule has 0 bridgehead atoms. The summed E-state index contributed by atoms with van der Waals surface area (Å²) in [5, 5.41) is 3.47. The van der Waals surface area contributed by atoms with Crippen LogP contribution < -0.4 is 14.8 Å². The van der Waals surface area contributed by atoms with Gasteiger partial charge in [-0.2, -0.15) is 0 Å².